The molecule has 16 aromatic rings. The van der Waals surface area contributed by atoms with E-state index in [-0.39, 0.29) is 21.7 Å². The van der Waals surface area contributed by atoms with Crippen molar-refractivity contribution in [2.75, 3.05) is 4.90 Å². The minimum absolute atomic E-state index is 0.0417. The van der Waals surface area contributed by atoms with E-state index in [0.717, 1.165) is 55.9 Å². The lowest BCUT2D eigenvalue weighted by Crippen LogP contribution is -2.25. The molecular formula is C111H99NO2. The number of hydrogen-bond acceptors (Lipinski definition) is 3. The van der Waals surface area contributed by atoms with Crippen LogP contribution in [-0.4, -0.2) is 0 Å². The topological polar surface area (TPSA) is 29.5 Å². The minimum atomic E-state index is -0.398. The largest absolute Gasteiger partial charge is 0.455 e. The maximum Gasteiger partial charge on any atom is 0.144 e. The van der Waals surface area contributed by atoms with Crippen LogP contribution < -0.4 is 4.90 Å². The van der Waals surface area contributed by atoms with E-state index in [1.54, 1.807) is 11.1 Å². The lowest BCUT2D eigenvalue weighted by Gasteiger charge is -2.33. The number of fused-ring (bicyclic) bond motifs is 25. The summed E-state index contributed by atoms with van der Waals surface area (Å²) in [4.78, 5) is 2.51. The predicted octanol–water partition coefficient (Wildman–Crippen LogP) is 31.8. The SMILES string of the molecule is CCCCCCCC1(CCCCCCC)c2ccccc2-c2ccc(-c3ccc4c(c3)C(C)(C)c3cc(-c5ccc(-c6cc7c(c8c6oc6ccccc68)-c6ccc(N(c8ccc(-c9ccccc9)cc8)c8ccc9c(c8)C(C)(C)c8c%10c(c%11c(oc%12ccccc%12%11)c8-9)-c8ccccc8C%10(C)C)cc6C7(C)C)cc5)ccc3-4)cc21. The molecule has 560 valence electrons. The van der Waals surface area contributed by atoms with Crippen molar-refractivity contribution >= 4 is 60.9 Å². The predicted molar refractivity (Wildman–Crippen MR) is 481 cm³/mol. The fraction of sp³-hybridized carbons (Fsp3) is 0.243. The van der Waals surface area contributed by atoms with E-state index in [9.17, 15) is 0 Å². The number of anilines is 3. The molecule has 21 rings (SSSR count). The van der Waals surface area contributed by atoms with Crippen molar-refractivity contribution < 1.29 is 8.83 Å². The van der Waals surface area contributed by atoms with Crippen LogP contribution in [0.4, 0.5) is 17.1 Å². The van der Waals surface area contributed by atoms with Crippen molar-refractivity contribution in [3.8, 4) is 100 Å². The van der Waals surface area contributed by atoms with Crippen LogP contribution in [0.15, 0.2) is 282 Å². The smallest absolute Gasteiger partial charge is 0.144 e. The molecule has 0 bridgehead atoms. The van der Waals surface area contributed by atoms with Gasteiger partial charge in [0.25, 0.3) is 0 Å². The van der Waals surface area contributed by atoms with E-state index >= 15 is 0 Å². The highest BCUT2D eigenvalue weighted by atomic mass is 16.3. The second kappa shape index (κ2) is 26.3. The van der Waals surface area contributed by atoms with Gasteiger partial charge in [0.1, 0.15) is 22.3 Å². The molecule has 5 aliphatic carbocycles. The summed E-state index contributed by atoms with van der Waals surface area (Å²) in [6, 6.07) is 104. The number of para-hydroxylation sites is 2. The first-order chi connectivity index (χ1) is 55.5. The van der Waals surface area contributed by atoms with Gasteiger partial charge in [-0.15, -0.1) is 0 Å². The molecule has 5 aliphatic rings. The molecule has 114 heavy (non-hydrogen) atoms. The van der Waals surface area contributed by atoms with Gasteiger partial charge in [-0.1, -0.05) is 334 Å². The first-order valence-corrected chi connectivity index (χ1v) is 42.5. The van der Waals surface area contributed by atoms with Crippen molar-refractivity contribution in [3.05, 3.63) is 329 Å². The maximum atomic E-state index is 7.17. The first-order valence-electron chi connectivity index (χ1n) is 42.5. The molecule has 0 atom stereocenters. The van der Waals surface area contributed by atoms with Crippen molar-refractivity contribution in [1.82, 2.24) is 0 Å². The second-order valence-electron chi connectivity index (χ2n) is 36.0. The molecule has 14 aromatic carbocycles. The molecule has 0 fully saturated rings. The van der Waals surface area contributed by atoms with Crippen LogP contribution in [0.1, 0.15) is 202 Å². The molecule has 0 unspecified atom stereocenters. The van der Waals surface area contributed by atoms with E-state index in [1.165, 1.54) is 227 Å². The summed E-state index contributed by atoms with van der Waals surface area (Å²) in [6.45, 7) is 24.2. The van der Waals surface area contributed by atoms with Crippen LogP contribution in [0.5, 0.6) is 0 Å². The number of benzene rings is 14. The van der Waals surface area contributed by atoms with Crippen LogP contribution in [0, 0.1) is 0 Å². The van der Waals surface area contributed by atoms with E-state index in [0.29, 0.717) is 0 Å². The number of rotatable bonds is 19. The summed E-state index contributed by atoms with van der Waals surface area (Å²) in [6.07, 6.45) is 15.5. The average molecular weight is 1480 g/mol. The third kappa shape index (κ3) is 10.4. The van der Waals surface area contributed by atoms with Gasteiger partial charge in [-0.2, -0.15) is 0 Å². The number of nitrogens with zero attached hydrogens (tertiary/aromatic N) is 1. The summed E-state index contributed by atoms with van der Waals surface area (Å²) in [5.41, 5.74) is 42.7. The van der Waals surface area contributed by atoms with Gasteiger partial charge in [-0.3, -0.25) is 0 Å². The van der Waals surface area contributed by atoms with Gasteiger partial charge >= 0.3 is 0 Å². The van der Waals surface area contributed by atoms with Gasteiger partial charge in [0.05, 0.1) is 0 Å². The van der Waals surface area contributed by atoms with Crippen molar-refractivity contribution in [2.45, 2.75) is 173 Å². The van der Waals surface area contributed by atoms with Crippen LogP contribution >= 0.6 is 0 Å². The zero-order valence-electron chi connectivity index (χ0n) is 67.7. The van der Waals surface area contributed by atoms with E-state index in [2.05, 4.69) is 347 Å². The summed E-state index contributed by atoms with van der Waals surface area (Å²) in [5, 5.41) is 4.70. The quantitative estimate of drug-likeness (QED) is 0.0756. The Kier molecular flexibility index (Phi) is 16.2. The molecule has 0 saturated carbocycles. The zero-order chi connectivity index (χ0) is 77.3. The third-order valence-corrected chi connectivity index (χ3v) is 28.1. The summed E-state index contributed by atoms with van der Waals surface area (Å²) >= 11 is 0. The van der Waals surface area contributed by atoms with Crippen LogP contribution in [0.25, 0.3) is 144 Å². The van der Waals surface area contributed by atoms with Crippen molar-refractivity contribution in [1.29, 1.82) is 0 Å². The lowest BCUT2D eigenvalue weighted by atomic mass is 9.70. The standard InChI is InChI=1S/C111H99NO2/c1-11-13-15-17-30-60-111(61-31-18-16-14-12-2)89-39-27-22-34-78(89)81-57-50-74(64-94(81)111)73-49-56-80-79-55-48-72(62-90(79)107(3,4)91(80)63-73)70-42-44-71(45-43-70)87-67-95-98(100-85-36-24-28-40-96(85)113-105(87)100)83-58-53-76(65-92(83)108(95,5)6)112(75-51-46-69(47-52-75)68-32-20-19-21-33-68)77-54-59-84-93(66-77)110(9,10)104-102(84)106-101(86-37-25-29-41-97(86)114-106)99-82-35-23-26-38-88(82)109(7,8)103(99)104/h19-29,32-59,62-67H,11-18,30-31,60-61H2,1-10H3. The molecule has 3 heteroatoms. The van der Waals surface area contributed by atoms with E-state index in [4.69, 9.17) is 8.83 Å². The van der Waals surface area contributed by atoms with E-state index in [1.807, 2.05) is 0 Å². The molecule has 0 amide bonds. The minimum Gasteiger partial charge on any atom is -0.455 e. The van der Waals surface area contributed by atoms with Crippen LogP contribution in [0.3, 0.4) is 0 Å². The zero-order valence-corrected chi connectivity index (χ0v) is 67.7. The highest BCUT2D eigenvalue weighted by Gasteiger charge is 2.50. The molecule has 2 heterocycles. The Bertz CT molecular complexity index is 6610. The number of hydrogen-bond donors (Lipinski definition) is 0. The lowest BCUT2D eigenvalue weighted by molar-refractivity contribution is 0.399. The normalized spacial score (nSPS) is 15.4. The maximum absolute atomic E-state index is 7.17. The third-order valence-electron chi connectivity index (χ3n) is 28.1. The fourth-order valence-corrected chi connectivity index (χ4v) is 22.3. The summed E-state index contributed by atoms with van der Waals surface area (Å²) in [7, 11) is 0. The highest BCUT2D eigenvalue weighted by Crippen LogP contribution is 2.65. The number of unbranched alkanes of at least 4 members (excludes halogenated alkanes) is 8. The van der Waals surface area contributed by atoms with Gasteiger partial charge < -0.3 is 13.7 Å². The Hall–Kier alpha value is -11.5. The Morgan fingerprint density at radius 3 is 1.27 bits per heavy atom. The number of furan rings is 2. The Morgan fingerprint density at radius 2 is 0.649 bits per heavy atom. The second-order valence-corrected chi connectivity index (χ2v) is 36.0. The van der Waals surface area contributed by atoms with Gasteiger partial charge in [0.15, 0.2) is 0 Å². The molecule has 3 nitrogen and oxygen atoms in total. The fourth-order valence-electron chi connectivity index (χ4n) is 22.3. The van der Waals surface area contributed by atoms with Crippen LogP contribution in [-0.2, 0) is 27.1 Å². The van der Waals surface area contributed by atoms with Crippen LogP contribution in [0.2, 0.25) is 0 Å². The monoisotopic (exact) mass is 1480 g/mol. The molecular weight excluding hydrogens is 1380 g/mol. The molecule has 0 spiro atoms. The Balaban J connectivity index is 0.626. The van der Waals surface area contributed by atoms with Gasteiger partial charge in [-0.25, -0.2) is 0 Å². The first kappa shape index (κ1) is 70.4. The van der Waals surface area contributed by atoms with Gasteiger partial charge in [0.2, 0.25) is 0 Å². The molecule has 0 radical (unpaired) electrons. The van der Waals surface area contributed by atoms with Gasteiger partial charge in [-0.05, 0) is 230 Å². The molecule has 0 saturated heterocycles. The highest BCUT2D eigenvalue weighted by molar-refractivity contribution is 6.22. The molecule has 0 aliphatic heterocycles. The summed E-state index contributed by atoms with van der Waals surface area (Å²) < 4.78 is 14.3. The molecule has 0 N–H and O–H groups in total. The van der Waals surface area contributed by atoms with Crippen molar-refractivity contribution in [2.24, 2.45) is 0 Å². The summed E-state index contributed by atoms with van der Waals surface area (Å²) in [5.74, 6) is 0. The average Bonchev–Trinajstić information content (AvgIpc) is 1.47. The Morgan fingerprint density at radius 1 is 0.254 bits per heavy atom. The molecule has 2 aromatic heterocycles. The van der Waals surface area contributed by atoms with E-state index < -0.39 is 5.41 Å². The van der Waals surface area contributed by atoms with Crippen molar-refractivity contribution in [3.63, 3.8) is 0 Å². The van der Waals surface area contributed by atoms with Gasteiger partial charge in [0, 0.05) is 76.8 Å². The Labute approximate surface area is 672 Å².